The number of benzene rings is 1. The number of carbonyl (C=O) groups excluding carboxylic acids is 2. The highest BCUT2D eigenvalue weighted by molar-refractivity contribution is 7.99. The first-order valence-corrected chi connectivity index (χ1v) is 12.6. The summed E-state index contributed by atoms with van der Waals surface area (Å²) in [6.45, 7) is 3.49. The first-order chi connectivity index (χ1) is 16.2. The molecule has 2 aromatic heterocycles. The number of hydrogen-bond donors (Lipinski definition) is 1. The van der Waals surface area contributed by atoms with E-state index < -0.39 is 0 Å². The van der Waals surface area contributed by atoms with E-state index in [0.29, 0.717) is 16.4 Å². The van der Waals surface area contributed by atoms with E-state index in [0.717, 1.165) is 63.5 Å². The van der Waals surface area contributed by atoms with E-state index >= 15 is 0 Å². The Morgan fingerprint density at radius 1 is 0.939 bits per heavy atom. The maximum atomic E-state index is 12.9. The fourth-order valence-corrected chi connectivity index (χ4v) is 5.28. The molecule has 2 aliphatic rings. The summed E-state index contributed by atoms with van der Waals surface area (Å²) in [5, 5.41) is 9.61. The second-order valence-corrected chi connectivity index (χ2v) is 9.46. The second-order valence-electron chi connectivity index (χ2n) is 8.51. The third kappa shape index (κ3) is 4.68. The molecule has 2 aliphatic heterocycles. The molecule has 9 heteroatoms. The number of rotatable bonds is 7. The Morgan fingerprint density at radius 3 is 2.42 bits per heavy atom. The van der Waals surface area contributed by atoms with Crippen LogP contribution >= 0.6 is 11.8 Å². The molecular weight excluding hydrogens is 436 g/mol. The number of hydrogen-bond acceptors (Lipinski definition) is 6. The number of anilines is 1. The largest absolute Gasteiger partial charge is 0.356 e. The molecule has 3 aromatic rings. The molecule has 2 saturated heterocycles. The van der Waals surface area contributed by atoms with Crippen molar-refractivity contribution in [1.82, 2.24) is 24.6 Å². The van der Waals surface area contributed by atoms with E-state index in [-0.39, 0.29) is 17.4 Å². The van der Waals surface area contributed by atoms with Crippen LogP contribution in [0.2, 0.25) is 0 Å². The van der Waals surface area contributed by atoms with Crippen LogP contribution in [0.5, 0.6) is 0 Å². The maximum Gasteiger partial charge on any atom is 0.270 e. The molecule has 5 rings (SSSR count). The Hall–Kier alpha value is -3.07. The molecule has 1 N–H and O–H groups in total. The van der Waals surface area contributed by atoms with Crippen LogP contribution in [-0.4, -0.2) is 68.3 Å². The van der Waals surface area contributed by atoms with Crippen LogP contribution in [0.1, 0.15) is 53.0 Å². The Kier molecular flexibility index (Phi) is 6.48. The fraction of sp³-hybridized carbons (Fsp3) is 0.417. The van der Waals surface area contributed by atoms with Gasteiger partial charge in [-0.3, -0.25) is 14.2 Å². The van der Waals surface area contributed by atoms with Crippen LogP contribution in [0.25, 0.3) is 5.69 Å². The van der Waals surface area contributed by atoms with E-state index in [1.165, 1.54) is 18.2 Å². The van der Waals surface area contributed by atoms with Crippen LogP contribution in [0.4, 0.5) is 5.95 Å². The van der Waals surface area contributed by atoms with Crippen molar-refractivity contribution in [2.24, 2.45) is 0 Å². The van der Waals surface area contributed by atoms with Crippen molar-refractivity contribution in [2.75, 3.05) is 36.8 Å². The lowest BCUT2D eigenvalue weighted by Crippen LogP contribution is -2.31. The molecule has 0 bridgehead atoms. The highest BCUT2D eigenvalue weighted by Crippen LogP contribution is 2.28. The van der Waals surface area contributed by atoms with Crippen LogP contribution in [0.3, 0.4) is 0 Å². The van der Waals surface area contributed by atoms with Crippen molar-refractivity contribution in [3.63, 3.8) is 0 Å². The molecule has 1 aromatic carbocycles. The van der Waals surface area contributed by atoms with Crippen molar-refractivity contribution in [2.45, 2.75) is 37.3 Å². The minimum Gasteiger partial charge on any atom is -0.356 e. The van der Waals surface area contributed by atoms with Gasteiger partial charge >= 0.3 is 0 Å². The zero-order valence-electron chi connectivity index (χ0n) is 18.6. The summed E-state index contributed by atoms with van der Waals surface area (Å²) in [4.78, 5) is 32.6. The summed E-state index contributed by atoms with van der Waals surface area (Å²) in [5.41, 5.74) is 1.98. The standard InChI is InChI=1S/C24H28N6O2S/c31-21(18-15-20(25-16-18)22(32)28-11-7-8-12-28)17-33-24-27-26-23(29-13-5-2-6-14-29)30(24)19-9-3-1-4-10-19/h1,3-4,9-10,15-16,25H,2,5-8,11-14,17H2. The highest BCUT2D eigenvalue weighted by Gasteiger charge is 2.24. The Morgan fingerprint density at radius 2 is 1.67 bits per heavy atom. The quantitative estimate of drug-likeness (QED) is 0.423. The predicted molar refractivity (Wildman–Crippen MR) is 128 cm³/mol. The number of aromatic amines is 1. The Balaban J connectivity index is 1.32. The topological polar surface area (TPSA) is 87.1 Å². The number of aromatic nitrogens is 4. The molecule has 33 heavy (non-hydrogen) atoms. The smallest absolute Gasteiger partial charge is 0.270 e. The predicted octanol–water partition coefficient (Wildman–Crippen LogP) is 3.80. The SMILES string of the molecule is O=C(CSc1nnc(N2CCCCC2)n1-c1ccccc1)c1c[nH]c(C(=O)N2CCCC2)c1. The van der Waals surface area contributed by atoms with Gasteiger partial charge in [0.1, 0.15) is 5.69 Å². The average molecular weight is 465 g/mol. The molecule has 8 nitrogen and oxygen atoms in total. The van der Waals surface area contributed by atoms with Crippen molar-refractivity contribution < 1.29 is 9.59 Å². The molecule has 0 spiro atoms. The minimum absolute atomic E-state index is 0.0332. The molecule has 0 radical (unpaired) electrons. The lowest BCUT2D eigenvalue weighted by molar-refractivity contribution is 0.0787. The number of likely N-dealkylation sites (tertiary alicyclic amines) is 1. The highest BCUT2D eigenvalue weighted by atomic mass is 32.2. The summed E-state index contributed by atoms with van der Waals surface area (Å²) >= 11 is 1.38. The van der Waals surface area contributed by atoms with E-state index in [2.05, 4.69) is 20.1 Å². The normalized spacial score (nSPS) is 16.4. The van der Waals surface area contributed by atoms with Gasteiger partial charge in [-0.2, -0.15) is 0 Å². The summed E-state index contributed by atoms with van der Waals surface area (Å²) in [6.07, 6.45) is 7.24. The summed E-state index contributed by atoms with van der Waals surface area (Å²) in [5.74, 6) is 0.976. The zero-order chi connectivity index (χ0) is 22.6. The number of Topliss-reactive ketones (excluding diaryl/α,β-unsaturated/α-hetero) is 1. The maximum absolute atomic E-state index is 12.9. The van der Waals surface area contributed by atoms with Crippen LogP contribution < -0.4 is 4.90 Å². The second kappa shape index (κ2) is 9.82. The van der Waals surface area contributed by atoms with Crippen LogP contribution in [-0.2, 0) is 0 Å². The van der Waals surface area contributed by atoms with E-state index in [9.17, 15) is 9.59 Å². The molecule has 0 aliphatic carbocycles. The van der Waals surface area contributed by atoms with E-state index in [1.807, 2.05) is 39.8 Å². The van der Waals surface area contributed by atoms with Gasteiger partial charge in [-0.25, -0.2) is 0 Å². The number of nitrogens with zero attached hydrogens (tertiary/aromatic N) is 5. The molecule has 172 valence electrons. The van der Waals surface area contributed by atoms with Crippen LogP contribution in [0.15, 0.2) is 47.8 Å². The monoisotopic (exact) mass is 464 g/mol. The van der Waals surface area contributed by atoms with Gasteiger partial charge in [0.15, 0.2) is 10.9 Å². The van der Waals surface area contributed by atoms with E-state index in [1.54, 1.807) is 12.3 Å². The van der Waals surface area contributed by atoms with Crippen molar-refractivity contribution in [1.29, 1.82) is 0 Å². The number of amides is 1. The van der Waals surface area contributed by atoms with E-state index in [4.69, 9.17) is 0 Å². The molecular formula is C24H28N6O2S. The fourth-order valence-electron chi connectivity index (χ4n) is 4.44. The Labute approximate surface area is 197 Å². The zero-order valence-corrected chi connectivity index (χ0v) is 19.4. The molecule has 2 fully saturated rings. The lowest BCUT2D eigenvalue weighted by atomic mass is 10.1. The number of carbonyl (C=O) groups is 2. The van der Waals surface area contributed by atoms with Crippen molar-refractivity contribution in [3.8, 4) is 5.69 Å². The first kappa shape index (κ1) is 21.8. The number of nitrogens with one attached hydrogen (secondary N) is 1. The van der Waals surface area contributed by atoms with Gasteiger partial charge in [0.25, 0.3) is 5.91 Å². The Bertz CT molecular complexity index is 1110. The number of H-pyrrole nitrogens is 1. The van der Waals surface area contributed by atoms with Gasteiger partial charge in [-0.15, -0.1) is 10.2 Å². The summed E-state index contributed by atoms with van der Waals surface area (Å²) < 4.78 is 2.04. The van der Waals surface area contributed by atoms with Gasteiger partial charge in [0, 0.05) is 37.9 Å². The van der Waals surface area contributed by atoms with Crippen LogP contribution in [0, 0.1) is 0 Å². The number of ketones is 1. The number of piperidine rings is 1. The average Bonchev–Trinajstić information content (AvgIpc) is 3.64. The first-order valence-electron chi connectivity index (χ1n) is 11.6. The lowest BCUT2D eigenvalue weighted by Gasteiger charge is -2.27. The molecule has 4 heterocycles. The summed E-state index contributed by atoms with van der Waals surface area (Å²) in [7, 11) is 0. The number of para-hydroxylation sites is 1. The summed E-state index contributed by atoms with van der Waals surface area (Å²) in [6, 6.07) is 11.7. The number of thioether (sulfide) groups is 1. The van der Waals surface area contributed by atoms with Gasteiger partial charge in [0.05, 0.1) is 11.4 Å². The molecule has 1 amide bonds. The van der Waals surface area contributed by atoms with Gasteiger partial charge in [-0.05, 0) is 50.3 Å². The third-order valence-corrected chi connectivity index (χ3v) is 7.16. The molecule has 0 unspecified atom stereocenters. The van der Waals surface area contributed by atoms with Gasteiger partial charge < -0.3 is 14.8 Å². The third-order valence-electron chi connectivity index (χ3n) is 6.23. The van der Waals surface area contributed by atoms with Gasteiger partial charge in [0.2, 0.25) is 5.95 Å². The van der Waals surface area contributed by atoms with Crippen molar-refractivity contribution in [3.05, 3.63) is 53.9 Å². The molecule has 0 atom stereocenters. The van der Waals surface area contributed by atoms with Crippen molar-refractivity contribution >= 4 is 29.4 Å². The minimum atomic E-state index is -0.0427. The van der Waals surface area contributed by atoms with Gasteiger partial charge in [-0.1, -0.05) is 30.0 Å². The molecule has 0 saturated carbocycles.